The number of carbonyl (C=O) groups excluding carboxylic acids is 1. The Morgan fingerprint density at radius 1 is 1.50 bits per heavy atom. The lowest BCUT2D eigenvalue weighted by molar-refractivity contribution is -0.167. The van der Waals surface area contributed by atoms with Gasteiger partial charge >= 0.3 is 0 Å². The lowest BCUT2D eigenvalue weighted by Crippen LogP contribution is -2.61. The van der Waals surface area contributed by atoms with Gasteiger partial charge in [0.05, 0.1) is 13.2 Å². The van der Waals surface area contributed by atoms with Crippen LogP contribution in [0.1, 0.15) is 12.8 Å². The van der Waals surface area contributed by atoms with Gasteiger partial charge in [-0.15, -0.1) is 0 Å². The Hall–Kier alpha value is -0.410. The fraction of sp³-hybridized carbons (Fsp3) is 0.857. The van der Waals surface area contributed by atoms with Crippen LogP contribution < -0.4 is 5.73 Å². The van der Waals surface area contributed by atoms with Crippen molar-refractivity contribution in [3.63, 3.8) is 0 Å². The molecule has 1 saturated carbocycles. The highest BCUT2D eigenvalue weighted by Crippen LogP contribution is 2.45. The molecule has 3 heteroatoms. The Balaban J connectivity index is 0.000000231. The van der Waals surface area contributed by atoms with Crippen LogP contribution in [0.3, 0.4) is 0 Å². The number of nitrogens with two attached hydrogens (primary N) is 1. The van der Waals surface area contributed by atoms with Crippen molar-refractivity contribution in [2.45, 2.75) is 18.9 Å². The fourth-order valence-corrected chi connectivity index (χ4v) is 1.44. The fourth-order valence-electron chi connectivity index (χ4n) is 1.44. The summed E-state index contributed by atoms with van der Waals surface area (Å²) >= 11 is 0. The molecular formula is C7H13NO2. The van der Waals surface area contributed by atoms with Gasteiger partial charge in [-0.3, -0.25) is 0 Å². The zero-order valence-corrected chi connectivity index (χ0v) is 6.01. The summed E-state index contributed by atoms with van der Waals surface area (Å²) < 4.78 is 5.07. The third kappa shape index (κ3) is 0.859. The van der Waals surface area contributed by atoms with Gasteiger partial charge in [0.1, 0.15) is 6.79 Å². The third-order valence-electron chi connectivity index (χ3n) is 2.52. The summed E-state index contributed by atoms with van der Waals surface area (Å²) in [6.07, 6.45) is 2.51. The number of rotatable bonds is 0. The standard InChI is InChI=1S/C6H11NO.CH2O/c7-5-1-2-6(5)3-8-4-6;1-2/h5H,1-4,7H2;1H2. The van der Waals surface area contributed by atoms with Crippen LogP contribution in [0, 0.1) is 5.41 Å². The van der Waals surface area contributed by atoms with E-state index in [1.807, 2.05) is 6.79 Å². The molecule has 0 aromatic heterocycles. The Kier molecular flexibility index (Phi) is 2.06. The Bertz CT molecular complexity index is 117. The number of hydrogen-bond acceptors (Lipinski definition) is 3. The van der Waals surface area contributed by atoms with Crippen molar-refractivity contribution in [3.05, 3.63) is 0 Å². The minimum absolute atomic E-state index is 0.455. The van der Waals surface area contributed by atoms with E-state index in [-0.39, 0.29) is 0 Å². The maximum absolute atomic E-state index is 8.00. The van der Waals surface area contributed by atoms with Gasteiger partial charge in [0.25, 0.3) is 0 Å². The predicted octanol–water partition coefficient (Wildman–Crippen LogP) is -0.0608. The van der Waals surface area contributed by atoms with Gasteiger partial charge in [-0.2, -0.15) is 0 Å². The highest BCUT2D eigenvalue weighted by atomic mass is 16.5. The van der Waals surface area contributed by atoms with Crippen LogP contribution in [0.2, 0.25) is 0 Å². The zero-order chi connectivity index (χ0) is 7.61. The normalized spacial score (nSPS) is 33.1. The van der Waals surface area contributed by atoms with Crippen LogP contribution in [0.4, 0.5) is 0 Å². The van der Waals surface area contributed by atoms with E-state index in [2.05, 4.69) is 0 Å². The van der Waals surface area contributed by atoms with E-state index in [0.29, 0.717) is 11.5 Å². The molecule has 0 aromatic carbocycles. The smallest absolute Gasteiger partial charge is 0.106 e. The lowest BCUT2D eigenvalue weighted by atomic mass is 9.63. The molecule has 2 N–H and O–H groups in total. The molecule has 1 unspecified atom stereocenters. The summed E-state index contributed by atoms with van der Waals surface area (Å²) in [4.78, 5) is 8.00. The van der Waals surface area contributed by atoms with Crippen molar-refractivity contribution in [1.29, 1.82) is 0 Å². The summed E-state index contributed by atoms with van der Waals surface area (Å²) in [7, 11) is 0. The van der Waals surface area contributed by atoms with E-state index in [9.17, 15) is 0 Å². The molecule has 0 aromatic rings. The molecule has 2 rings (SSSR count). The van der Waals surface area contributed by atoms with Crippen molar-refractivity contribution >= 4 is 6.79 Å². The second kappa shape index (κ2) is 2.68. The van der Waals surface area contributed by atoms with E-state index < -0.39 is 0 Å². The van der Waals surface area contributed by atoms with Gasteiger partial charge < -0.3 is 15.3 Å². The Labute approximate surface area is 60.5 Å². The van der Waals surface area contributed by atoms with Crippen LogP contribution >= 0.6 is 0 Å². The zero-order valence-electron chi connectivity index (χ0n) is 6.01. The summed E-state index contributed by atoms with van der Waals surface area (Å²) in [5, 5.41) is 0. The number of carbonyl (C=O) groups is 1. The topological polar surface area (TPSA) is 52.3 Å². The van der Waals surface area contributed by atoms with Crippen molar-refractivity contribution in [2.75, 3.05) is 13.2 Å². The minimum atomic E-state index is 0.455. The largest absolute Gasteiger partial charge is 0.380 e. The first-order valence-corrected chi connectivity index (χ1v) is 3.46. The van der Waals surface area contributed by atoms with E-state index in [1.54, 1.807) is 0 Å². The second-order valence-electron chi connectivity index (χ2n) is 3.00. The van der Waals surface area contributed by atoms with E-state index in [1.165, 1.54) is 12.8 Å². The summed E-state index contributed by atoms with van der Waals surface area (Å²) in [6.45, 7) is 3.85. The Morgan fingerprint density at radius 3 is 2.10 bits per heavy atom. The minimum Gasteiger partial charge on any atom is -0.380 e. The molecule has 1 aliphatic carbocycles. The molecule has 1 atom stereocenters. The van der Waals surface area contributed by atoms with E-state index >= 15 is 0 Å². The second-order valence-corrected chi connectivity index (χ2v) is 3.00. The number of ether oxygens (including phenoxy) is 1. The van der Waals surface area contributed by atoms with E-state index in [4.69, 9.17) is 15.3 Å². The first kappa shape index (κ1) is 7.69. The van der Waals surface area contributed by atoms with Crippen molar-refractivity contribution in [2.24, 2.45) is 11.1 Å². The molecule has 2 fully saturated rings. The first-order valence-electron chi connectivity index (χ1n) is 3.46. The molecule has 2 aliphatic rings. The quantitative estimate of drug-likeness (QED) is 0.517. The van der Waals surface area contributed by atoms with Gasteiger partial charge in [-0.1, -0.05) is 0 Å². The summed E-state index contributed by atoms with van der Waals surface area (Å²) in [5.41, 5.74) is 6.20. The summed E-state index contributed by atoms with van der Waals surface area (Å²) in [5.74, 6) is 0. The summed E-state index contributed by atoms with van der Waals surface area (Å²) in [6, 6.07) is 0.455. The number of hydrogen-bond donors (Lipinski definition) is 1. The first-order chi connectivity index (χ1) is 4.83. The van der Waals surface area contributed by atoms with Crippen molar-refractivity contribution in [3.8, 4) is 0 Å². The average molecular weight is 143 g/mol. The van der Waals surface area contributed by atoms with Gasteiger partial charge in [0.2, 0.25) is 0 Å². The van der Waals surface area contributed by atoms with Crippen molar-refractivity contribution in [1.82, 2.24) is 0 Å². The molecule has 1 spiro atoms. The van der Waals surface area contributed by atoms with Crippen LogP contribution in [0.15, 0.2) is 0 Å². The molecule has 1 heterocycles. The maximum Gasteiger partial charge on any atom is 0.106 e. The molecule has 10 heavy (non-hydrogen) atoms. The SMILES string of the molecule is C=O.NC1CCC12COC2. The lowest BCUT2D eigenvalue weighted by Gasteiger charge is -2.53. The van der Waals surface area contributed by atoms with Gasteiger partial charge in [0.15, 0.2) is 0 Å². The monoisotopic (exact) mass is 143 g/mol. The molecule has 0 radical (unpaired) electrons. The van der Waals surface area contributed by atoms with Crippen LogP contribution in [-0.4, -0.2) is 26.0 Å². The highest BCUT2D eigenvalue weighted by Gasteiger charge is 2.50. The van der Waals surface area contributed by atoms with Crippen LogP contribution in [0.25, 0.3) is 0 Å². The highest BCUT2D eigenvalue weighted by molar-refractivity contribution is 5.11. The molecule has 0 bridgehead atoms. The van der Waals surface area contributed by atoms with Crippen LogP contribution in [0.5, 0.6) is 0 Å². The van der Waals surface area contributed by atoms with Crippen LogP contribution in [-0.2, 0) is 9.53 Å². The molecular weight excluding hydrogens is 130 g/mol. The van der Waals surface area contributed by atoms with Gasteiger partial charge in [-0.05, 0) is 12.8 Å². The molecule has 1 aliphatic heterocycles. The maximum atomic E-state index is 8.00. The Morgan fingerprint density at radius 2 is 2.10 bits per heavy atom. The van der Waals surface area contributed by atoms with Gasteiger partial charge in [-0.25, -0.2) is 0 Å². The third-order valence-corrected chi connectivity index (χ3v) is 2.52. The van der Waals surface area contributed by atoms with Gasteiger partial charge in [0, 0.05) is 11.5 Å². The molecule has 58 valence electrons. The predicted molar refractivity (Wildman–Crippen MR) is 37.6 cm³/mol. The average Bonchev–Trinajstić information content (AvgIpc) is 1.86. The molecule has 1 saturated heterocycles. The molecule has 3 nitrogen and oxygen atoms in total. The van der Waals surface area contributed by atoms with Crippen molar-refractivity contribution < 1.29 is 9.53 Å². The van der Waals surface area contributed by atoms with E-state index in [0.717, 1.165) is 13.2 Å². The molecule has 0 amide bonds.